The van der Waals surface area contributed by atoms with E-state index in [0.29, 0.717) is 0 Å². The topological polar surface area (TPSA) is 95.3 Å². The summed E-state index contributed by atoms with van der Waals surface area (Å²) in [4.78, 5) is 23.6. The van der Waals surface area contributed by atoms with Crippen molar-refractivity contribution >= 4 is 0 Å². The number of aromatic nitrogens is 2. The van der Waals surface area contributed by atoms with E-state index in [9.17, 15) is 14.7 Å². The number of hydrogen-bond donors (Lipinski definition) is 3. The lowest BCUT2D eigenvalue weighted by molar-refractivity contribution is 0.0684. The number of aromatic amines is 1. The van der Waals surface area contributed by atoms with E-state index in [4.69, 9.17) is 5.11 Å². The van der Waals surface area contributed by atoms with Gasteiger partial charge in [0.25, 0.3) is 5.56 Å². The standard InChI is InChI=1S/C7H10N2O4/c10-4-2-6(12)9-3-1-5(11)8-7(9)13/h1,3,6,10,12H,2,4H2,(H,8,11,13). The van der Waals surface area contributed by atoms with E-state index in [2.05, 4.69) is 0 Å². The fourth-order valence-electron chi connectivity index (χ4n) is 0.917. The van der Waals surface area contributed by atoms with Crippen molar-refractivity contribution in [2.45, 2.75) is 12.6 Å². The number of aliphatic hydroxyl groups excluding tert-OH is 2. The van der Waals surface area contributed by atoms with Gasteiger partial charge in [0.15, 0.2) is 0 Å². The van der Waals surface area contributed by atoms with E-state index >= 15 is 0 Å². The third-order valence-corrected chi connectivity index (χ3v) is 1.56. The zero-order valence-electron chi connectivity index (χ0n) is 6.80. The number of H-pyrrole nitrogens is 1. The van der Waals surface area contributed by atoms with E-state index in [1.165, 1.54) is 6.20 Å². The second-order valence-electron chi connectivity index (χ2n) is 2.51. The zero-order valence-corrected chi connectivity index (χ0v) is 6.80. The summed E-state index contributed by atoms with van der Waals surface area (Å²) in [5.41, 5.74) is -1.20. The minimum Gasteiger partial charge on any atom is -0.396 e. The van der Waals surface area contributed by atoms with E-state index in [1.807, 2.05) is 4.98 Å². The molecule has 3 N–H and O–H groups in total. The summed E-state index contributed by atoms with van der Waals surface area (Å²) in [5, 5.41) is 17.8. The lowest BCUT2D eigenvalue weighted by Crippen LogP contribution is -2.31. The maximum absolute atomic E-state index is 11.0. The van der Waals surface area contributed by atoms with Crippen molar-refractivity contribution in [3.8, 4) is 0 Å². The van der Waals surface area contributed by atoms with Gasteiger partial charge in [-0.2, -0.15) is 0 Å². The van der Waals surface area contributed by atoms with Crippen molar-refractivity contribution in [3.05, 3.63) is 33.1 Å². The van der Waals surface area contributed by atoms with E-state index < -0.39 is 17.5 Å². The van der Waals surface area contributed by atoms with Gasteiger partial charge >= 0.3 is 5.69 Å². The number of nitrogens with zero attached hydrogens (tertiary/aromatic N) is 1. The SMILES string of the molecule is O=c1ccn(C(O)CCO)c(=O)[nH]1. The van der Waals surface area contributed by atoms with Crippen molar-refractivity contribution < 1.29 is 10.2 Å². The molecule has 13 heavy (non-hydrogen) atoms. The molecule has 72 valence electrons. The molecule has 6 heteroatoms. The first kappa shape index (κ1) is 9.69. The molecule has 0 aliphatic carbocycles. The van der Waals surface area contributed by atoms with Crippen molar-refractivity contribution in [2.24, 2.45) is 0 Å². The Hall–Kier alpha value is -1.40. The average Bonchev–Trinajstić information content (AvgIpc) is 2.04. The van der Waals surface area contributed by atoms with E-state index in [0.717, 1.165) is 10.6 Å². The predicted molar refractivity (Wildman–Crippen MR) is 44.3 cm³/mol. The second kappa shape index (κ2) is 4.01. The van der Waals surface area contributed by atoms with Gasteiger partial charge in [-0.3, -0.25) is 14.3 Å². The van der Waals surface area contributed by atoms with Crippen LogP contribution in [0.4, 0.5) is 0 Å². The molecule has 0 spiro atoms. The molecule has 6 nitrogen and oxygen atoms in total. The average molecular weight is 186 g/mol. The fourth-order valence-corrected chi connectivity index (χ4v) is 0.917. The maximum atomic E-state index is 11.0. The van der Waals surface area contributed by atoms with Crippen molar-refractivity contribution in [2.75, 3.05) is 6.61 Å². The van der Waals surface area contributed by atoms with Crippen molar-refractivity contribution in [3.63, 3.8) is 0 Å². The molecule has 1 rings (SSSR count). The molecule has 0 amide bonds. The zero-order chi connectivity index (χ0) is 9.84. The summed E-state index contributed by atoms with van der Waals surface area (Å²) in [6, 6.07) is 1.13. The quantitative estimate of drug-likeness (QED) is 0.530. The molecule has 0 aliphatic heterocycles. The summed E-state index contributed by atoms with van der Waals surface area (Å²) in [7, 11) is 0. The second-order valence-corrected chi connectivity index (χ2v) is 2.51. The third kappa shape index (κ3) is 2.27. The van der Waals surface area contributed by atoms with E-state index in [-0.39, 0.29) is 13.0 Å². The van der Waals surface area contributed by atoms with Gasteiger partial charge in [-0.05, 0) is 0 Å². The Bertz CT molecular complexity index is 381. The van der Waals surface area contributed by atoms with Gasteiger partial charge in [0.1, 0.15) is 6.23 Å². The largest absolute Gasteiger partial charge is 0.396 e. The Kier molecular flexibility index (Phi) is 2.99. The van der Waals surface area contributed by atoms with Crippen LogP contribution in [0.2, 0.25) is 0 Å². The van der Waals surface area contributed by atoms with Gasteiger partial charge < -0.3 is 10.2 Å². The fraction of sp³-hybridized carbons (Fsp3) is 0.429. The lowest BCUT2D eigenvalue weighted by atomic mass is 10.4. The van der Waals surface area contributed by atoms with Crippen molar-refractivity contribution in [1.29, 1.82) is 0 Å². The van der Waals surface area contributed by atoms with Crippen LogP contribution in [0.25, 0.3) is 0 Å². The highest BCUT2D eigenvalue weighted by Gasteiger charge is 2.06. The summed E-state index contributed by atoms with van der Waals surface area (Å²) in [5.74, 6) is 0. The summed E-state index contributed by atoms with van der Waals surface area (Å²) in [6.07, 6.45) is 0.127. The number of hydrogen-bond acceptors (Lipinski definition) is 4. The predicted octanol–water partition coefficient (Wildman–Crippen LogP) is -1.59. The molecule has 1 aromatic rings. The molecule has 0 saturated heterocycles. The molecular weight excluding hydrogens is 176 g/mol. The molecule has 0 saturated carbocycles. The lowest BCUT2D eigenvalue weighted by Gasteiger charge is -2.10. The summed E-state index contributed by atoms with van der Waals surface area (Å²) in [6.45, 7) is -0.229. The van der Waals surface area contributed by atoms with Gasteiger partial charge in [-0.25, -0.2) is 4.79 Å². The molecule has 1 unspecified atom stereocenters. The first-order valence-corrected chi connectivity index (χ1v) is 3.75. The molecule has 0 fully saturated rings. The normalized spacial score (nSPS) is 12.8. The molecule has 1 aromatic heterocycles. The highest BCUT2D eigenvalue weighted by atomic mass is 16.3. The Balaban J connectivity index is 3.02. The van der Waals surface area contributed by atoms with Crippen LogP contribution < -0.4 is 11.2 Å². The van der Waals surface area contributed by atoms with Gasteiger partial charge in [-0.15, -0.1) is 0 Å². The van der Waals surface area contributed by atoms with Gasteiger partial charge in [0.2, 0.25) is 0 Å². The Morgan fingerprint density at radius 1 is 1.54 bits per heavy atom. The first-order valence-electron chi connectivity index (χ1n) is 3.75. The molecule has 0 radical (unpaired) electrons. The summed E-state index contributed by atoms with van der Waals surface area (Å²) >= 11 is 0. The van der Waals surface area contributed by atoms with Crippen LogP contribution in [-0.2, 0) is 0 Å². The Labute approximate surface area is 73.1 Å². The summed E-state index contributed by atoms with van der Waals surface area (Å²) < 4.78 is 0.942. The molecule has 1 atom stereocenters. The van der Waals surface area contributed by atoms with Crippen LogP contribution in [0.1, 0.15) is 12.6 Å². The monoisotopic (exact) mass is 186 g/mol. The number of nitrogens with one attached hydrogen (secondary N) is 1. The molecule has 0 bridgehead atoms. The molecule has 0 aromatic carbocycles. The minimum atomic E-state index is -1.10. The Morgan fingerprint density at radius 2 is 2.23 bits per heavy atom. The smallest absolute Gasteiger partial charge is 0.330 e. The maximum Gasteiger partial charge on any atom is 0.330 e. The van der Waals surface area contributed by atoms with Crippen LogP contribution in [0, 0.1) is 0 Å². The highest BCUT2D eigenvalue weighted by Crippen LogP contribution is 2.00. The molecule has 0 aliphatic rings. The molecular formula is C7H10N2O4. The number of rotatable bonds is 3. The first-order chi connectivity index (χ1) is 6.15. The van der Waals surface area contributed by atoms with Crippen molar-refractivity contribution in [1.82, 2.24) is 9.55 Å². The molecule has 1 heterocycles. The van der Waals surface area contributed by atoms with Gasteiger partial charge in [-0.1, -0.05) is 0 Å². The highest BCUT2D eigenvalue weighted by molar-refractivity contribution is 4.83. The van der Waals surface area contributed by atoms with Gasteiger partial charge in [0, 0.05) is 25.3 Å². The number of aliphatic hydroxyl groups is 2. The van der Waals surface area contributed by atoms with Crippen LogP contribution in [-0.4, -0.2) is 26.4 Å². The van der Waals surface area contributed by atoms with E-state index in [1.54, 1.807) is 0 Å². The third-order valence-electron chi connectivity index (χ3n) is 1.56. The minimum absolute atomic E-state index is 0.0476. The Morgan fingerprint density at radius 3 is 2.77 bits per heavy atom. The van der Waals surface area contributed by atoms with Crippen LogP contribution in [0.15, 0.2) is 21.9 Å². The van der Waals surface area contributed by atoms with Gasteiger partial charge in [0.05, 0.1) is 0 Å². The van der Waals surface area contributed by atoms with Crippen LogP contribution >= 0.6 is 0 Å². The van der Waals surface area contributed by atoms with Crippen LogP contribution in [0.3, 0.4) is 0 Å². The van der Waals surface area contributed by atoms with Crippen LogP contribution in [0.5, 0.6) is 0 Å².